The maximum atomic E-state index is 13.5. The van der Waals surface area contributed by atoms with E-state index in [1.807, 2.05) is 0 Å². The molecule has 0 aromatic rings. The van der Waals surface area contributed by atoms with Gasteiger partial charge in [0.2, 0.25) is 0 Å². The summed E-state index contributed by atoms with van der Waals surface area (Å²) in [6, 6.07) is 0. The van der Waals surface area contributed by atoms with Crippen molar-refractivity contribution < 1.29 is 37.1 Å². The number of hydrogen-bond acceptors (Lipinski definition) is 7. The molecule has 6 nitrogen and oxygen atoms in total. The fourth-order valence-corrected chi connectivity index (χ4v) is 6.92. The molecule has 0 amide bonds. The number of halogens is 2. The molecule has 5 aliphatic rings. The molecule has 5 saturated carbocycles. The average molecular weight is 449 g/mol. The van der Waals surface area contributed by atoms with Crippen LogP contribution in [0.3, 0.4) is 0 Å². The Morgan fingerprint density at radius 1 is 1.07 bits per heavy atom. The minimum atomic E-state index is -4.22. The van der Waals surface area contributed by atoms with Crippen molar-refractivity contribution in [2.45, 2.75) is 82.8 Å². The van der Waals surface area contributed by atoms with Gasteiger partial charge in [0.15, 0.2) is 0 Å². The number of esters is 2. The van der Waals surface area contributed by atoms with E-state index in [4.69, 9.17) is 9.47 Å². The summed E-state index contributed by atoms with van der Waals surface area (Å²) in [4.78, 5) is 28.3. The Bertz CT molecular complexity index is 664. The second kappa shape index (κ2) is 8.20. The molecule has 9 heteroatoms. The number of carbonyl (C=O) groups is 2. The lowest BCUT2D eigenvalue weighted by atomic mass is 9.48. The Hall–Kier alpha value is -0.930. The van der Waals surface area contributed by atoms with Gasteiger partial charge in [0.05, 0.1) is 12.5 Å². The second-order valence-electron chi connectivity index (χ2n) is 10.3. The standard InChI is InChI=1S/C21H30F2O6S/c1-13-2-4-16(5-3-13)17(24)27-20-9-14-6-15(10-20)8-19(7-14,11-20)12-26-18(25)21(22,23)28-29-30/h13-16,30H,2-12H2,1H3. The summed E-state index contributed by atoms with van der Waals surface area (Å²) in [6.07, 6.45) is 4.47. The largest absolute Gasteiger partial charge is 0.483 e. The van der Waals surface area contributed by atoms with E-state index in [2.05, 4.69) is 29.1 Å². The van der Waals surface area contributed by atoms with Crippen molar-refractivity contribution >= 4 is 24.8 Å². The monoisotopic (exact) mass is 448 g/mol. The topological polar surface area (TPSA) is 71.1 Å². The van der Waals surface area contributed by atoms with Gasteiger partial charge in [0, 0.05) is 18.3 Å². The van der Waals surface area contributed by atoms with Crippen molar-refractivity contribution in [2.75, 3.05) is 6.61 Å². The molecular formula is C21H30F2O6S. The maximum Gasteiger partial charge on any atom is 0.483 e. The third kappa shape index (κ3) is 4.48. The average Bonchev–Trinajstić information content (AvgIpc) is 2.65. The highest BCUT2D eigenvalue weighted by molar-refractivity contribution is 7.74. The smallest absolute Gasteiger partial charge is 0.459 e. The van der Waals surface area contributed by atoms with E-state index in [-0.39, 0.29) is 18.5 Å². The van der Waals surface area contributed by atoms with Gasteiger partial charge < -0.3 is 9.47 Å². The number of ether oxygens (including phenoxy) is 2. The first-order valence-electron chi connectivity index (χ1n) is 10.9. The fraction of sp³-hybridized carbons (Fsp3) is 0.905. The third-order valence-electron chi connectivity index (χ3n) is 7.68. The molecule has 4 bridgehead atoms. The molecule has 0 radical (unpaired) electrons. The normalized spacial score (nSPS) is 40.3. The van der Waals surface area contributed by atoms with Crippen molar-refractivity contribution in [1.82, 2.24) is 0 Å². The van der Waals surface area contributed by atoms with E-state index in [1.165, 1.54) is 0 Å². The highest BCUT2D eigenvalue weighted by Crippen LogP contribution is 2.63. The van der Waals surface area contributed by atoms with Crippen molar-refractivity contribution in [1.29, 1.82) is 0 Å². The molecule has 0 spiro atoms. The Kier molecular flexibility index (Phi) is 6.09. The molecule has 2 atom stereocenters. The number of hydrogen-bond donors (Lipinski definition) is 1. The first-order chi connectivity index (χ1) is 14.1. The molecule has 0 aromatic carbocycles. The van der Waals surface area contributed by atoms with Crippen molar-refractivity contribution in [3.63, 3.8) is 0 Å². The predicted molar refractivity (Wildman–Crippen MR) is 104 cm³/mol. The van der Waals surface area contributed by atoms with Gasteiger partial charge in [-0.2, -0.15) is 13.1 Å². The zero-order valence-corrected chi connectivity index (χ0v) is 18.1. The van der Waals surface area contributed by atoms with Crippen molar-refractivity contribution in [2.24, 2.45) is 29.1 Å². The number of rotatable bonds is 7. The molecule has 0 N–H and O–H groups in total. The number of alkyl halides is 2. The molecule has 0 heterocycles. The molecule has 5 fully saturated rings. The fourth-order valence-electron chi connectivity index (χ4n) is 6.83. The summed E-state index contributed by atoms with van der Waals surface area (Å²) in [7, 11) is 0. The van der Waals surface area contributed by atoms with Crippen molar-refractivity contribution in [3.05, 3.63) is 0 Å². The van der Waals surface area contributed by atoms with E-state index in [0.29, 0.717) is 24.2 Å². The molecule has 0 aromatic heterocycles. The zero-order chi connectivity index (χ0) is 21.6. The molecule has 5 rings (SSSR count). The first kappa shape index (κ1) is 22.3. The highest BCUT2D eigenvalue weighted by atomic mass is 32.1. The molecule has 2 unspecified atom stereocenters. The SMILES string of the molecule is CC1CCC(C(=O)OC23CC4CC(CC(COC(=O)C(F)(F)OOS)(C4)C2)C3)CC1. The van der Waals surface area contributed by atoms with Gasteiger partial charge in [0.1, 0.15) is 5.60 Å². The summed E-state index contributed by atoms with van der Waals surface area (Å²) in [5.41, 5.74) is -0.983. The van der Waals surface area contributed by atoms with Crippen molar-refractivity contribution in [3.8, 4) is 0 Å². The van der Waals surface area contributed by atoms with Crippen LogP contribution < -0.4 is 0 Å². The van der Waals surface area contributed by atoms with Crippen LogP contribution in [0.2, 0.25) is 0 Å². The molecule has 0 aliphatic heterocycles. The summed E-state index contributed by atoms with van der Waals surface area (Å²) < 4.78 is 41.8. The molecular weight excluding hydrogens is 418 g/mol. The van der Waals surface area contributed by atoms with E-state index in [0.717, 1.165) is 57.8 Å². The molecule has 0 saturated heterocycles. The molecule has 30 heavy (non-hydrogen) atoms. The third-order valence-corrected chi connectivity index (χ3v) is 7.76. The van der Waals surface area contributed by atoms with Crippen LogP contribution in [0.25, 0.3) is 0 Å². The van der Waals surface area contributed by atoms with Crippen LogP contribution in [0.1, 0.15) is 71.1 Å². The minimum absolute atomic E-state index is 0.0416. The maximum absolute atomic E-state index is 13.5. The van der Waals surface area contributed by atoms with E-state index < -0.39 is 23.1 Å². The van der Waals surface area contributed by atoms with Crippen LogP contribution >= 0.6 is 12.9 Å². The van der Waals surface area contributed by atoms with Gasteiger partial charge >= 0.3 is 18.0 Å². The van der Waals surface area contributed by atoms with Gasteiger partial charge in [-0.1, -0.05) is 6.92 Å². The van der Waals surface area contributed by atoms with Crippen LogP contribution in [-0.4, -0.2) is 30.3 Å². The van der Waals surface area contributed by atoms with Crippen LogP contribution in [0.4, 0.5) is 8.78 Å². The van der Waals surface area contributed by atoms with Gasteiger partial charge in [-0.05, 0) is 82.0 Å². The van der Waals surface area contributed by atoms with Crippen LogP contribution in [0.5, 0.6) is 0 Å². The van der Waals surface area contributed by atoms with Gasteiger partial charge in [0.25, 0.3) is 0 Å². The van der Waals surface area contributed by atoms with Crippen LogP contribution in [-0.2, 0) is 28.3 Å². The summed E-state index contributed by atoms with van der Waals surface area (Å²) in [5, 5.41) is 0. The minimum Gasteiger partial charge on any atom is -0.459 e. The van der Waals surface area contributed by atoms with E-state index in [1.54, 1.807) is 0 Å². The first-order valence-corrected chi connectivity index (χ1v) is 11.3. The second-order valence-corrected chi connectivity index (χ2v) is 10.4. The Morgan fingerprint density at radius 3 is 2.30 bits per heavy atom. The Labute approximate surface area is 180 Å². The lowest BCUT2D eigenvalue weighted by molar-refractivity contribution is -0.370. The van der Waals surface area contributed by atoms with E-state index >= 15 is 0 Å². The lowest BCUT2D eigenvalue weighted by Crippen LogP contribution is -2.59. The lowest BCUT2D eigenvalue weighted by Gasteiger charge is -2.61. The number of thiol groups is 1. The summed E-state index contributed by atoms with van der Waals surface area (Å²) in [6.45, 7) is 2.08. The Morgan fingerprint density at radius 2 is 1.70 bits per heavy atom. The summed E-state index contributed by atoms with van der Waals surface area (Å²) >= 11 is 3.08. The van der Waals surface area contributed by atoms with Gasteiger partial charge in [-0.15, -0.1) is 4.89 Å². The Balaban J connectivity index is 1.41. The van der Waals surface area contributed by atoms with Gasteiger partial charge in [-0.25, -0.2) is 4.79 Å². The summed E-state index contributed by atoms with van der Waals surface area (Å²) in [5.74, 6) is -0.568. The van der Waals surface area contributed by atoms with E-state index in [9.17, 15) is 18.4 Å². The molecule has 170 valence electrons. The van der Waals surface area contributed by atoms with Gasteiger partial charge in [-0.3, -0.25) is 4.79 Å². The van der Waals surface area contributed by atoms with Crippen LogP contribution in [0, 0.1) is 29.1 Å². The van der Waals surface area contributed by atoms with Crippen LogP contribution in [0.15, 0.2) is 0 Å². The quantitative estimate of drug-likeness (QED) is 0.201. The zero-order valence-electron chi connectivity index (χ0n) is 17.2. The predicted octanol–water partition coefficient (Wildman–Crippen LogP) is 4.62. The number of carbonyl (C=O) groups excluding carboxylic acids is 2. The highest BCUT2D eigenvalue weighted by Gasteiger charge is 2.60. The molecule has 5 aliphatic carbocycles.